The van der Waals surface area contributed by atoms with E-state index in [1.807, 2.05) is 0 Å². The van der Waals surface area contributed by atoms with Crippen LogP contribution in [0, 0.1) is 0 Å². The monoisotopic (exact) mass is 208 g/mol. The maximum Gasteiger partial charge on any atom is 0.186 e. The van der Waals surface area contributed by atoms with Crippen LogP contribution in [0.15, 0.2) is 41.3 Å². The molecule has 14 heavy (non-hydrogen) atoms. The van der Waals surface area contributed by atoms with Gasteiger partial charge in [-0.3, -0.25) is 0 Å². The van der Waals surface area contributed by atoms with Gasteiger partial charge in [-0.15, -0.1) is 0 Å². The molecule has 0 radical (unpaired) electrons. The van der Waals surface area contributed by atoms with Crippen molar-refractivity contribution in [2.24, 2.45) is 0 Å². The van der Waals surface area contributed by atoms with Gasteiger partial charge >= 0.3 is 0 Å². The Kier molecular flexibility index (Phi) is 2.23. The van der Waals surface area contributed by atoms with Crippen molar-refractivity contribution < 1.29 is 13.9 Å². The zero-order valence-electron chi connectivity index (χ0n) is 7.18. The first-order valence-electron chi connectivity index (χ1n) is 4.00. The van der Waals surface area contributed by atoms with Gasteiger partial charge in [0.25, 0.3) is 0 Å². The molecule has 0 aliphatic rings. The molecule has 0 heterocycles. The van der Waals surface area contributed by atoms with Crippen LogP contribution in [0.2, 0.25) is 0 Å². The molecule has 0 saturated heterocycles. The Bertz CT molecular complexity index is 508. The Labute approximate surface area is 83.3 Å². The van der Waals surface area contributed by atoms with Gasteiger partial charge in [-0.05, 0) is 35.0 Å². The van der Waals surface area contributed by atoms with Crippen molar-refractivity contribution in [2.45, 2.75) is 4.90 Å². The molecule has 0 aliphatic carbocycles. The van der Waals surface area contributed by atoms with Crippen LogP contribution in [0.1, 0.15) is 0 Å². The second-order valence-electron chi connectivity index (χ2n) is 2.94. The maximum absolute atomic E-state index is 10.8. The van der Waals surface area contributed by atoms with Crippen molar-refractivity contribution in [2.75, 3.05) is 0 Å². The van der Waals surface area contributed by atoms with E-state index < -0.39 is 11.1 Å². The number of phenolic OH excluding ortho intramolecular Hbond substituents is 1. The van der Waals surface area contributed by atoms with E-state index in [-0.39, 0.29) is 5.75 Å². The van der Waals surface area contributed by atoms with Gasteiger partial charge in [0, 0.05) is 0 Å². The summed E-state index contributed by atoms with van der Waals surface area (Å²) in [5.74, 6) is 0.190. The van der Waals surface area contributed by atoms with E-state index in [1.165, 1.54) is 0 Å². The smallest absolute Gasteiger partial charge is 0.186 e. The number of phenols is 1. The fraction of sp³-hybridized carbons (Fsp3) is 0. The number of hydrogen-bond donors (Lipinski definition) is 2. The van der Waals surface area contributed by atoms with Crippen LogP contribution in [0.25, 0.3) is 10.8 Å². The van der Waals surface area contributed by atoms with Crippen molar-refractivity contribution in [1.29, 1.82) is 0 Å². The van der Waals surface area contributed by atoms with E-state index in [0.717, 1.165) is 10.8 Å². The first-order valence-corrected chi connectivity index (χ1v) is 5.11. The highest BCUT2D eigenvalue weighted by Crippen LogP contribution is 2.21. The molecule has 2 N–H and O–H groups in total. The zero-order chi connectivity index (χ0) is 10.1. The molecule has 0 aromatic heterocycles. The first kappa shape index (κ1) is 9.18. The summed E-state index contributed by atoms with van der Waals surface area (Å²) in [5.41, 5.74) is 0. The Hall–Kier alpha value is -1.39. The Morgan fingerprint density at radius 1 is 1.00 bits per heavy atom. The van der Waals surface area contributed by atoms with E-state index in [0.29, 0.717) is 4.90 Å². The predicted molar refractivity (Wildman–Crippen MR) is 54.7 cm³/mol. The van der Waals surface area contributed by atoms with Crippen LogP contribution in [0.4, 0.5) is 0 Å². The highest BCUT2D eigenvalue weighted by atomic mass is 32.2. The summed E-state index contributed by atoms with van der Waals surface area (Å²) in [6.45, 7) is 0. The van der Waals surface area contributed by atoms with Gasteiger partial charge in [-0.2, -0.15) is 0 Å². The van der Waals surface area contributed by atoms with Gasteiger partial charge in [-0.25, -0.2) is 4.21 Å². The molecule has 2 aromatic carbocycles. The van der Waals surface area contributed by atoms with Crippen LogP contribution in [0.3, 0.4) is 0 Å². The van der Waals surface area contributed by atoms with Gasteiger partial charge in [0.2, 0.25) is 0 Å². The topological polar surface area (TPSA) is 57.5 Å². The van der Waals surface area contributed by atoms with Crippen LogP contribution < -0.4 is 0 Å². The van der Waals surface area contributed by atoms with E-state index in [4.69, 9.17) is 4.55 Å². The third-order valence-corrected chi connectivity index (χ3v) is 2.65. The third-order valence-electron chi connectivity index (χ3n) is 2.00. The summed E-state index contributed by atoms with van der Waals surface area (Å²) in [6.07, 6.45) is 0. The summed E-state index contributed by atoms with van der Waals surface area (Å²) in [6, 6.07) is 9.77. The molecule has 2 aromatic rings. The number of aromatic hydroxyl groups is 1. The van der Waals surface area contributed by atoms with Gasteiger partial charge in [0.1, 0.15) is 5.75 Å². The average molecular weight is 208 g/mol. The number of rotatable bonds is 1. The molecular formula is C10H8O3S. The van der Waals surface area contributed by atoms with Crippen molar-refractivity contribution in [3.63, 3.8) is 0 Å². The lowest BCUT2D eigenvalue weighted by Gasteiger charge is -2.00. The molecule has 72 valence electrons. The molecule has 1 atom stereocenters. The molecular weight excluding hydrogens is 200 g/mol. The van der Waals surface area contributed by atoms with Gasteiger partial charge in [-0.1, -0.05) is 12.1 Å². The lowest BCUT2D eigenvalue weighted by atomic mass is 10.1. The van der Waals surface area contributed by atoms with Gasteiger partial charge in [0.15, 0.2) is 11.1 Å². The van der Waals surface area contributed by atoms with E-state index in [2.05, 4.69) is 0 Å². The minimum atomic E-state index is -1.95. The maximum atomic E-state index is 10.8. The fourth-order valence-corrected chi connectivity index (χ4v) is 1.73. The quantitative estimate of drug-likeness (QED) is 0.706. The SMILES string of the molecule is O=S(O)c1ccc2cc(O)ccc2c1. The Balaban J connectivity index is 2.67. The molecule has 0 spiro atoms. The molecule has 1 unspecified atom stereocenters. The largest absolute Gasteiger partial charge is 0.508 e. The number of benzene rings is 2. The summed E-state index contributed by atoms with van der Waals surface area (Å²) in [4.78, 5) is 0.364. The molecule has 0 fully saturated rings. The lowest BCUT2D eigenvalue weighted by molar-refractivity contribution is 0.476. The van der Waals surface area contributed by atoms with Crippen LogP contribution in [0.5, 0.6) is 5.75 Å². The van der Waals surface area contributed by atoms with Crippen molar-refractivity contribution in [3.05, 3.63) is 36.4 Å². The van der Waals surface area contributed by atoms with E-state index in [9.17, 15) is 9.32 Å². The number of hydrogen-bond acceptors (Lipinski definition) is 2. The average Bonchev–Trinajstić information content (AvgIpc) is 2.16. The fourth-order valence-electron chi connectivity index (χ4n) is 1.32. The van der Waals surface area contributed by atoms with E-state index >= 15 is 0 Å². The Morgan fingerprint density at radius 2 is 1.64 bits per heavy atom. The van der Waals surface area contributed by atoms with Gasteiger partial charge in [0.05, 0.1) is 4.90 Å². The van der Waals surface area contributed by atoms with Crippen LogP contribution >= 0.6 is 0 Å². The number of fused-ring (bicyclic) bond motifs is 1. The predicted octanol–water partition coefficient (Wildman–Crippen LogP) is 2.13. The zero-order valence-corrected chi connectivity index (χ0v) is 7.99. The second kappa shape index (κ2) is 3.40. The molecule has 4 heteroatoms. The molecule has 3 nitrogen and oxygen atoms in total. The molecule has 2 rings (SSSR count). The highest BCUT2D eigenvalue weighted by molar-refractivity contribution is 7.79. The molecule has 0 amide bonds. The lowest BCUT2D eigenvalue weighted by Crippen LogP contribution is -1.87. The van der Waals surface area contributed by atoms with Crippen LogP contribution in [-0.4, -0.2) is 13.9 Å². The van der Waals surface area contributed by atoms with Crippen LogP contribution in [-0.2, 0) is 11.1 Å². The van der Waals surface area contributed by atoms with Crippen molar-refractivity contribution in [1.82, 2.24) is 0 Å². The summed E-state index contributed by atoms with van der Waals surface area (Å²) < 4.78 is 19.6. The second-order valence-corrected chi connectivity index (χ2v) is 3.91. The molecule has 0 bridgehead atoms. The van der Waals surface area contributed by atoms with Gasteiger partial charge < -0.3 is 9.66 Å². The highest BCUT2D eigenvalue weighted by Gasteiger charge is 2.01. The minimum Gasteiger partial charge on any atom is -0.508 e. The normalized spacial score (nSPS) is 12.9. The first-order chi connectivity index (χ1) is 6.66. The summed E-state index contributed by atoms with van der Waals surface area (Å²) in [5, 5.41) is 10.9. The van der Waals surface area contributed by atoms with Crippen molar-refractivity contribution in [3.8, 4) is 5.75 Å². The molecule has 0 saturated carbocycles. The standard InChI is InChI=1S/C10H8O3S/c11-9-3-1-8-6-10(14(12)13)4-2-7(8)5-9/h1-6,11H,(H,12,13). The summed E-state index contributed by atoms with van der Waals surface area (Å²) >= 11 is -1.95. The van der Waals surface area contributed by atoms with E-state index in [1.54, 1.807) is 36.4 Å². The summed E-state index contributed by atoms with van der Waals surface area (Å²) in [7, 11) is 0. The third kappa shape index (κ3) is 1.62. The van der Waals surface area contributed by atoms with Crippen molar-refractivity contribution >= 4 is 21.9 Å². The minimum absolute atomic E-state index is 0.190. The Morgan fingerprint density at radius 3 is 2.36 bits per heavy atom. The molecule has 0 aliphatic heterocycles.